The predicted molar refractivity (Wildman–Crippen MR) is 124 cm³/mol. The predicted octanol–water partition coefficient (Wildman–Crippen LogP) is 3.38. The molecule has 1 aliphatic heterocycles. The van der Waals surface area contributed by atoms with E-state index in [1.807, 2.05) is 43.9 Å². The lowest BCUT2D eigenvalue weighted by Crippen LogP contribution is -2.71. The molecule has 0 aliphatic carbocycles. The number of hydrogen-bond acceptors (Lipinski definition) is 4. The van der Waals surface area contributed by atoms with Gasteiger partial charge in [-0.3, -0.25) is 9.59 Å². The molecule has 1 saturated heterocycles. The number of piperazine rings is 1. The molecule has 0 bridgehead atoms. The number of amides is 2. The molecule has 0 saturated carbocycles. The Bertz CT molecular complexity index is 713. The molecule has 30 heavy (non-hydrogen) atoms. The van der Waals surface area contributed by atoms with Crippen LogP contribution in [0.25, 0.3) is 0 Å². The van der Waals surface area contributed by atoms with Crippen LogP contribution in [0.1, 0.15) is 64.5 Å². The summed E-state index contributed by atoms with van der Waals surface area (Å²) >= 11 is 0. The molecular weight excluding hydrogens is 376 g/mol. The molecule has 6 heteroatoms. The monoisotopic (exact) mass is 416 g/mol. The minimum absolute atomic E-state index is 0.0178. The van der Waals surface area contributed by atoms with Crippen molar-refractivity contribution in [2.75, 3.05) is 18.4 Å². The summed E-state index contributed by atoms with van der Waals surface area (Å²) < 4.78 is 0. The zero-order valence-corrected chi connectivity index (χ0v) is 19.5. The Hall–Kier alpha value is -1.92. The maximum absolute atomic E-state index is 13.5. The Morgan fingerprint density at radius 1 is 0.967 bits per heavy atom. The van der Waals surface area contributed by atoms with Crippen LogP contribution in [0.3, 0.4) is 0 Å². The molecular formula is C24H40N4O2. The van der Waals surface area contributed by atoms with Crippen LogP contribution in [0.15, 0.2) is 18.2 Å². The molecule has 3 N–H and O–H groups in total. The number of nitrogens with one attached hydrogen (secondary N) is 3. The molecule has 2 rings (SSSR count). The molecule has 1 aliphatic rings. The highest BCUT2D eigenvalue weighted by Gasteiger charge is 2.42. The van der Waals surface area contributed by atoms with Crippen molar-refractivity contribution < 1.29 is 9.59 Å². The number of rotatable bonds is 9. The van der Waals surface area contributed by atoms with Crippen LogP contribution < -0.4 is 16.0 Å². The molecule has 4 unspecified atom stereocenters. The molecule has 1 aromatic rings. The molecule has 168 valence electrons. The Kier molecular flexibility index (Phi) is 9.31. The Labute approximate surface area is 182 Å². The van der Waals surface area contributed by atoms with E-state index in [0.717, 1.165) is 55.6 Å². The van der Waals surface area contributed by atoms with Gasteiger partial charge < -0.3 is 20.9 Å². The molecule has 0 aromatic heterocycles. The zero-order valence-electron chi connectivity index (χ0n) is 19.5. The Balaban J connectivity index is 2.23. The van der Waals surface area contributed by atoms with Crippen LogP contribution in [-0.2, 0) is 9.59 Å². The fourth-order valence-electron chi connectivity index (χ4n) is 3.80. The topological polar surface area (TPSA) is 73.5 Å². The van der Waals surface area contributed by atoms with Crippen LogP contribution in [0.5, 0.6) is 0 Å². The van der Waals surface area contributed by atoms with Crippen molar-refractivity contribution in [3.05, 3.63) is 29.3 Å². The van der Waals surface area contributed by atoms with Crippen molar-refractivity contribution in [2.45, 2.75) is 91.4 Å². The van der Waals surface area contributed by atoms with Gasteiger partial charge in [0.25, 0.3) is 0 Å². The summed E-state index contributed by atoms with van der Waals surface area (Å²) in [6.45, 7) is 13.8. The van der Waals surface area contributed by atoms with E-state index in [1.54, 1.807) is 0 Å². The fraction of sp³-hybridized carbons (Fsp3) is 0.667. The first kappa shape index (κ1) is 24.4. The van der Waals surface area contributed by atoms with Crippen molar-refractivity contribution in [2.24, 2.45) is 0 Å². The van der Waals surface area contributed by atoms with Crippen molar-refractivity contribution in [3.63, 3.8) is 0 Å². The second-order valence-electron chi connectivity index (χ2n) is 8.71. The average Bonchev–Trinajstić information content (AvgIpc) is 2.72. The maximum Gasteiger partial charge on any atom is 0.243 e. The number of anilines is 1. The first-order chi connectivity index (χ1) is 14.3. The van der Waals surface area contributed by atoms with Gasteiger partial charge in [-0.1, -0.05) is 38.8 Å². The van der Waals surface area contributed by atoms with E-state index in [9.17, 15) is 9.59 Å². The summed E-state index contributed by atoms with van der Waals surface area (Å²) in [6.07, 6.45) is 4.02. The van der Waals surface area contributed by atoms with Crippen LogP contribution in [-0.4, -0.2) is 54.0 Å². The van der Waals surface area contributed by atoms with E-state index in [-0.39, 0.29) is 23.9 Å². The van der Waals surface area contributed by atoms with Crippen LogP contribution in [0.2, 0.25) is 0 Å². The Morgan fingerprint density at radius 2 is 1.53 bits per heavy atom. The normalized spacial score (nSPS) is 23.8. The van der Waals surface area contributed by atoms with Gasteiger partial charge in [0.05, 0.1) is 0 Å². The lowest BCUT2D eigenvalue weighted by molar-refractivity contribution is -0.138. The standard InChI is InChI=1S/C24H40N4O2/c1-7-9-13-28(14-10-8-2)24(30)22-21(25-18(5)19(6)26-22)23(29)27-20-15-16(3)11-12-17(20)4/h11-12,15,18-19,21-22,25-26H,7-10,13-14H2,1-6H3,(H,27,29). The molecule has 1 aromatic carbocycles. The molecule has 1 fully saturated rings. The van der Waals surface area contributed by atoms with Gasteiger partial charge in [0, 0.05) is 30.9 Å². The molecule has 6 nitrogen and oxygen atoms in total. The first-order valence-electron chi connectivity index (χ1n) is 11.5. The lowest BCUT2D eigenvalue weighted by Gasteiger charge is -2.41. The summed E-state index contributed by atoms with van der Waals surface area (Å²) in [5, 5.41) is 9.88. The second-order valence-corrected chi connectivity index (χ2v) is 8.71. The van der Waals surface area contributed by atoms with E-state index < -0.39 is 12.1 Å². The molecule has 4 atom stereocenters. The third-order valence-electron chi connectivity index (χ3n) is 6.04. The average molecular weight is 417 g/mol. The van der Waals surface area contributed by atoms with E-state index >= 15 is 0 Å². The summed E-state index contributed by atoms with van der Waals surface area (Å²) in [6, 6.07) is 5.00. The highest BCUT2D eigenvalue weighted by atomic mass is 16.2. The lowest BCUT2D eigenvalue weighted by atomic mass is 9.96. The minimum atomic E-state index is -0.616. The largest absolute Gasteiger partial charge is 0.341 e. The smallest absolute Gasteiger partial charge is 0.243 e. The van der Waals surface area contributed by atoms with Gasteiger partial charge in [-0.2, -0.15) is 0 Å². The van der Waals surface area contributed by atoms with E-state index in [4.69, 9.17) is 0 Å². The Morgan fingerprint density at radius 3 is 2.10 bits per heavy atom. The zero-order chi connectivity index (χ0) is 22.3. The number of nitrogens with zero attached hydrogens (tertiary/aromatic N) is 1. The summed E-state index contributed by atoms with van der Waals surface area (Å²) in [7, 11) is 0. The molecule has 0 spiro atoms. The van der Waals surface area contributed by atoms with E-state index in [0.29, 0.717) is 0 Å². The number of carbonyl (C=O) groups excluding carboxylic acids is 2. The minimum Gasteiger partial charge on any atom is -0.341 e. The number of carbonyl (C=O) groups is 2. The summed E-state index contributed by atoms with van der Waals surface area (Å²) in [5.74, 6) is -0.150. The third-order valence-corrected chi connectivity index (χ3v) is 6.04. The van der Waals surface area contributed by atoms with Crippen LogP contribution in [0.4, 0.5) is 5.69 Å². The van der Waals surface area contributed by atoms with Crippen molar-refractivity contribution >= 4 is 17.5 Å². The van der Waals surface area contributed by atoms with Gasteiger partial charge in [-0.15, -0.1) is 0 Å². The molecule has 2 amide bonds. The number of aryl methyl sites for hydroxylation is 2. The quantitative estimate of drug-likeness (QED) is 0.577. The highest BCUT2D eigenvalue weighted by molar-refractivity contribution is 6.00. The molecule has 1 heterocycles. The van der Waals surface area contributed by atoms with Crippen molar-refractivity contribution in [1.82, 2.24) is 15.5 Å². The van der Waals surface area contributed by atoms with Gasteiger partial charge in [0.15, 0.2) is 0 Å². The number of hydrogen-bond donors (Lipinski definition) is 3. The first-order valence-corrected chi connectivity index (χ1v) is 11.5. The number of unbranched alkanes of at least 4 members (excludes halogenated alkanes) is 2. The van der Waals surface area contributed by atoms with Gasteiger partial charge in [0.2, 0.25) is 11.8 Å². The van der Waals surface area contributed by atoms with Gasteiger partial charge >= 0.3 is 0 Å². The summed E-state index contributed by atoms with van der Waals surface area (Å²) in [5.41, 5.74) is 2.90. The van der Waals surface area contributed by atoms with Gasteiger partial charge in [-0.25, -0.2) is 0 Å². The summed E-state index contributed by atoms with van der Waals surface area (Å²) in [4.78, 5) is 28.7. The molecule has 0 radical (unpaired) electrons. The van der Waals surface area contributed by atoms with Crippen LogP contribution >= 0.6 is 0 Å². The maximum atomic E-state index is 13.5. The second kappa shape index (κ2) is 11.5. The van der Waals surface area contributed by atoms with Crippen molar-refractivity contribution in [1.29, 1.82) is 0 Å². The van der Waals surface area contributed by atoms with E-state index in [1.165, 1.54) is 0 Å². The number of benzene rings is 1. The van der Waals surface area contributed by atoms with Gasteiger partial charge in [-0.05, 0) is 57.7 Å². The van der Waals surface area contributed by atoms with Crippen LogP contribution in [0, 0.1) is 13.8 Å². The highest BCUT2D eigenvalue weighted by Crippen LogP contribution is 2.19. The van der Waals surface area contributed by atoms with Gasteiger partial charge in [0.1, 0.15) is 12.1 Å². The SMILES string of the molecule is CCCCN(CCCC)C(=O)C1NC(C)C(C)NC1C(=O)Nc1cc(C)ccc1C. The van der Waals surface area contributed by atoms with Crippen molar-refractivity contribution in [3.8, 4) is 0 Å². The fourth-order valence-corrected chi connectivity index (χ4v) is 3.80. The third kappa shape index (κ3) is 6.29. The van der Waals surface area contributed by atoms with E-state index in [2.05, 4.69) is 36.7 Å².